The smallest absolute Gasteiger partial charge is 0.222 e. The number of hydrogen-bond donors (Lipinski definition) is 1. The molecule has 2 heterocycles. The molecule has 1 N–H and O–H groups in total. The van der Waals surface area contributed by atoms with E-state index in [1.807, 2.05) is 45.1 Å². The van der Waals surface area contributed by atoms with Crippen LogP contribution in [-0.2, 0) is 11.3 Å². The highest BCUT2D eigenvalue weighted by molar-refractivity contribution is 7.13. The zero-order chi connectivity index (χ0) is 18.7. The molecule has 25 heavy (non-hydrogen) atoms. The van der Waals surface area contributed by atoms with Crippen LogP contribution < -0.4 is 10.2 Å². The molecule has 0 aliphatic rings. The molecule has 2 rings (SSSR count). The van der Waals surface area contributed by atoms with Gasteiger partial charge in [0.25, 0.3) is 0 Å². The molecule has 136 valence electrons. The largest absolute Gasteiger partial charge is 0.354 e. The van der Waals surface area contributed by atoms with E-state index in [1.54, 1.807) is 16.0 Å². The fraction of sp³-hybridized carbons (Fsp3) is 0.529. The van der Waals surface area contributed by atoms with E-state index in [0.29, 0.717) is 24.2 Å². The van der Waals surface area contributed by atoms with Crippen LogP contribution in [0.15, 0.2) is 5.38 Å². The molecule has 0 aromatic carbocycles. The lowest BCUT2D eigenvalue weighted by atomic mass is 10.1. The third-order valence-electron chi connectivity index (χ3n) is 3.96. The summed E-state index contributed by atoms with van der Waals surface area (Å²) >= 11 is 1.55. The van der Waals surface area contributed by atoms with Gasteiger partial charge in [-0.1, -0.05) is 0 Å². The maximum Gasteiger partial charge on any atom is 0.222 e. The number of aryl methyl sites for hydroxylation is 1. The van der Waals surface area contributed by atoms with Gasteiger partial charge < -0.3 is 10.2 Å². The van der Waals surface area contributed by atoms with Gasteiger partial charge in [-0.15, -0.1) is 11.3 Å². The van der Waals surface area contributed by atoms with Gasteiger partial charge in [-0.2, -0.15) is 5.10 Å². The predicted molar refractivity (Wildman–Crippen MR) is 99.3 cm³/mol. The average Bonchev–Trinajstić information content (AvgIpc) is 3.09. The first-order valence-corrected chi connectivity index (χ1v) is 9.03. The highest BCUT2D eigenvalue weighted by atomic mass is 32.1. The lowest BCUT2D eigenvalue weighted by Gasteiger charge is -2.14. The molecule has 1 amide bonds. The first kappa shape index (κ1) is 19.1. The Balaban J connectivity index is 1.96. The standard InChI is InChI=1S/C17H25N5O2S/c1-10(22-12(3)16(13(4)23)11(2)20-22)7-15(24)18-8-14-9-25-17(19-14)21(5)6/h9-10H,7-8H2,1-6H3,(H,18,24)/t10-/m1/s1. The third kappa shape index (κ3) is 4.45. The summed E-state index contributed by atoms with van der Waals surface area (Å²) in [6, 6.07) is -0.125. The van der Waals surface area contributed by atoms with Crippen LogP contribution in [0.25, 0.3) is 0 Å². The third-order valence-corrected chi connectivity index (χ3v) is 5.02. The van der Waals surface area contributed by atoms with Gasteiger partial charge in [0, 0.05) is 31.6 Å². The normalized spacial score (nSPS) is 12.1. The Morgan fingerprint density at radius 1 is 1.36 bits per heavy atom. The molecule has 0 radical (unpaired) electrons. The number of Topliss-reactive ketones (excluding diaryl/α,β-unsaturated/α-hetero) is 1. The minimum absolute atomic E-state index is 0.00173. The molecule has 2 aromatic rings. The summed E-state index contributed by atoms with van der Waals surface area (Å²) < 4.78 is 1.76. The van der Waals surface area contributed by atoms with Crippen LogP contribution in [0.5, 0.6) is 0 Å². The van der Waals surface area contributed by atoms with Crippen molar-refractivity contribution in [1.82, 2.24) is 20.1 Å². The van der Waals surface area contributed by atoms with Crippen LogP contribution >= 0.6 is 11.3 Å². The fourth-order valence-electron chi connectivity index (χ4n) is 2.80. The Kier molecular flexibility index (Phi) is 5.94. The maximum absolute atomic E-state index is 12.2. The number of nitrogens with zero attached hydrogens (tertiary/aromatic N) is 4. The lowest BCUT2D eigenvalue weighted by Crippen LogP contribution is -2.26. The van der Waals surface area contributed by atoms with Gasteiger partial charge >= 0.3 is 0 Å². The number of ketones is 1. The second-order valence-electron chi connectivity index (χ2n) is 6.39. The number of amides is 1. The number of nitrogens with one attached hydrogen (secondary N) is 1. The molecule has 0 saturated heterocycles. The van der Waals surface area contributed by atoms with E-state index in [0.717, 1.165) is 16.5 Å². The molecule has 1 atom stereocenters. The van der Waals surface area contributed by atoms with E-state index in [9.17, 15) is 9.59 Å². The second-order valence-corrected chi connectivity index (χ2v) is 7.23. The van der Waals surface area contributed by atoms with Crippen molar-refractivity contribution in [1.29, 1.82) is 0 Å². The maximum atomic E-state index is 12.2. The molecule has 0 spiro atoms. The van der Waals surface area contributed by atoms with Crippen molar-refractivity contribution in [3.63, 3.8) is 0 Å². The number of carbonyl (C=O) groups excluding carboxylic acids is 2. The number of thiazole rings is 1. The molecule has 7 nitrogen and oxygen atoms in total. The van der Waals surface area contributed by atoms with Gasteiger partial charge in [0.2, 0.25) is 5.91 Å². The number of anilines is 1. The Hall–Kier alpha value is -2.22. The summed E-state index contributed by atoms with van der Waals surface area (Å²) in [5.74, 6) is -0.0676. The lowest BCUT2D eigenvalue weighted by molar-refractivity contribution is -0.122. The Labute approximate surface area is 152 Å². The average molecular weight is 363 g/mol. The zero-order valence-electron chi connectivity index (χ0n) is 15.6. The van der Waals surface area contributed by atoms with Gasteiger partial charge in [-0.05, 0) is 27.7 Å². The molecule has 0 saturated carbocycles. The van der Waals surface area contributed by atoms with E-state index < -0.39 is 0 Å². The summed E-state index contributed by atoms with van der Waals surface area (Å²) in [4.78, 5) is 30.3. The molecular formula is C17H25N5O2S. The first-order valence-electron chi connectivity index (χ1n) is 8.15. The molecule has 0 aliphatic heterocycles. The molecule has 0 bridgehead atoms. The van der Waals surface area contributed by atoms with Gasteiger partial charge in [0.15, 0.2) is 10.9 Å². The minimum atomic E-state index is -0.125. The summed E-state index contributed by atoms with van der Waals surface area (Å²) in [6.07, 6.45) is 0.296. The van der Waals surface area contributed by atoms with Crippen molar-refractivity contribution < 1.29 is 9.59 Å². The van der Waals surface area contributed by atoms with E-state index >= 15 is 0 Å². The highest BCUT2D eigenvalue weighted by Crippen LogP contribution is 2.20. The van der Waals surface area contributed by atoms with Crippen LogP contribution in [0.1, 0.15) is 53.7 Å². The highest BCUT2D eigenvalue weighted by Gasteiger charge is 2.20. The molecule has 8 heteroatoms. The van der Waals surface area contributed by atoms with Crippen molar-refractivity contribution in [2.24, 2.45) is 0 Å². The monoisotopic (exact) mass is 363 g/mol. The molecule has 0 aliphatic carbocycles. The van der Waals surface area contributed by atoms with E-state index in [1.165, 1.54) is 6.92 Å². The summed E-state index contributed by atoms with van der Waals surface area (Å²) in [6.45, 7) is 7.55. The van der Waals surface area contributed by atoms with E-state index in [4.69, 9.17) is 0 Å². The van der Waals surface area contributed by atoms with Crippen molar-refractivity contribution in [2.45, 2.75) is 46.7 Å². The van der Waals surface area contributed by atoms with Gasteiger partial charge in [-0.3, -0.25) is 14.3 Å². The Morgan fingerprint density at radius 3 is 2.56 bits per heavy atom. The Morgan fingerprint density at radius 2 is 2.04 bits per heavy atom. The zero-order valence-corrected chi connectivity index (χ0v) is 16.4. The number of carbonyl (C=O) groups is 2. The molecule has 2 aromatic heterocycles. The first-order chi connectivity index (χ1) is 11.7. The van der Waals surface area contributed by atoms with Crippen molar-refractivity contribution in [2.75, 3.05) is 19.0 Å². The minimum Gasteiger partial charge on any atom is -0.354 e. The van der Waals surface area contributed by atoms with Crippen LogP contribution in [0.3, 0.4) is 0 Å². The summed E-state index contributed by atoms with van der Waals surface area (Å²) in [7, 11) is 3.87. The number of aromatic nitrogens is 3. The van der Waals surface area contributed by atoms with Crippen LogP contribution in [-0.4, -0.2) is 40.6 Å². The molecule has 0 unspecified atom stereocenters. The van der Waals surface area contributed by atoms with Crippen LogP contribution in [0, 0.1) is 13.8 Å². The van der Waals surface area contributed by atoms with E-state index in [2.05, 4.69) is 15.4 Å². The number of rotatable bonds is 7. The second kappa shape index (κ2) is 7.77. The van der Waals surface area contributed by atoms with Crippen LogP contribution in [0.4, 0.5) is 5.13 Å². The van der Waals surface area contributed by atoms with E-state index in [-0.39, 0.29) is 17.7 Å². The quantitative estimate of drug-likeness (QED) is 0.765. The fourth-order valence-corrected chi connectivity index (χ4v) is 3.56. The van der Waals surface area contributed by atoms with Gasteiger partial charge in [0.1, 0.15) is 0 Å². The van der Waals surface area contributed by atoms with Crippen molar-refractivity contribution in [3.05, 3.63) is 28.0 Å². The van der Waals surface area contributed by atoms with Crippen molar-refractivity contribution >= 4 is 28.2 Å². The van der Waals surface area contributed by atoms with Crippen LogP contribution in [0.2, 0.25) is 0 Å². The summed E-state index contributed by atoms with van der Waals surface area (Å²) in [5, 5.41) is 10.2. The molecular weight excluding hydrogens is 338 g/mol. The van der Waals surface area contributed by atoms with Gasteiger partial charge in [0.05, 0.1) is 29.5 Å². The van der Waals surface area contributed by atoms with Crippen molar-refractivity contribution in [3.8, 4) is 0 Å². The molecule has 0 fully saturated rings. The predicted octanol–water partition coefficient (Wildman–Crippen LogP) is 2.49. The summed E-state index contributed by atoms with van der Waals surface area (Å²) in [5.41, 5.74) is 3.00. The number of hydrogen-bond acceptors (Lipinski definition) is 6. The topological polar surface area (TPSA) is 80.1 Å². The van der Waals surface area contributed by atoms with Gasteiger partial charge in [-0.25, -0.2) is 4.98 Å². The SMILES string of the molecule is CC(=O)c1c(C)nn([C@H](C)CC(=O)NCc2csc(N(C)C)n2)c1C. The Bertz CT molecular complexity index is 778.